The van der Waals surface area contributed by atoms with Gasteiger partial charge < -0.3 is 5.11 Å². The molecule has 0 bridgehead atoms. The van der Waals surface area contributed by atoms with Crippen LogP contribution in [0.25, 0.3) is 0 Å². The average molecular weight is 154 g/mol. The Labute approximate surface area is 66.9 Å². The summed E-state index contributed by atoms with van der Waals surface area (Å²) in [7, 11) is 0. The van der Waals surface area contributed by atoms with E-state index in [1.165, 1.54) is 0 Å². The minimum Gasteiger partial charge on any atom is -0.481 e. The van der Waals surface area contributed by atoms with E-state index in [0.29, 0.717) is 5.92 Å². The van der Waals surface area contributed by atoms with Crippen molar-refractivity contribution in [1.29, 1.82) is 0 Å². The Kier molecular flexibility index (Phi) is 2.69. The Morgan fingerprint density at radius 1 is 1.55 bits per heavy atom. The lowest BCUT2D eigenvalue weighted by Gasteiger charge is -2.01. The highest BCUT2D eigenvalue weighted by Crippen LogP contribution is 2.31. The molecule has 11 heavy (non-hydrogen) atoms. The largest absolute Gasteiger partial charge is 0.481 e. The van der Waals surface area contributed by atoms with Crippen LogP contribution in [0.4, 0.5) is 0 Å². The molecule has 0 amide bonds. The third-order valence-electron chi connectivity index (χ3n) is 2.29. The van der Waals surface area contributed by atoms with E-state index in [-0.39, 0.29) is 5.92 Å². The van der Waals surface area contributed by atoms with Gasteiger partial charge in [-0.2, -0.15) is 0 Å². The molecule has 1 rings (SSSR count). The van der Waals surface area contributed by atoms with Crippen LogP contribution in [0.2, 0.25) is 0 Å². The van der Waals surface area contributed by atoms with Gasteiger partial charge in [0.2, 0.25) is 0 Å². The van der Waals surface area contributed by atoms with E-state index in [9.17, 15) is 4.79 Å². The van der Waals surface area contributed by atoms with Gasteiger partial charge in [0.05, 0.1) is 5.92 Å². The molecule has 1 aliphatic carbocycles. The van der Waals surface area contributed by atoms with Gasteiger partial charge >= 0.3 is 5.97 Å². The highest BCUT2D eigenvalue weighted by molar-refractivity contribution is 5.70. The van der Waals surface area contributed by atoms with Crippen LogP contribution in [-0.2, 0) is 4.79 Å². The van der Waals surface area contributed by atoms with Crippen molar-refractivity contribution < 1.29 is 9.90 Å². The van der Waals surface area contributed by atoms with Gasteiger partial charge in [-0.25, -0.2) is 0 Å². The van der Waals surface area contributed by atoms with Crippen LogP contribution >= 0.6 is 0 Å². The summed E-state index contributed by atoms with van der Waals surface area (Å²) in [6.07, 6.45) is 6.85. The van der Waals surface area contributed by atoms with Crippen molar-refractivity contribution in [3.63, 3.8) is 0 Å². The molecular weight excluding hydrogens is 140 g/mol. The van der Waals surface area contributed by atoms with Gasteiger partial charge in [-0.3, -0.25) is 4.79 Å². The van der Waals surface area contributed by atoms with Crippen LogP contribution in [0, 0.1) is 11.8 Å². The molecule has 1 aliphatic rings. The molecule has 2 heteroatoms. The third kappa shape index (κ3) is 2.07. The van der Waals surface area contributed by atoms with E-state index in [1.54, 1.807) is 0 Å². The molecule has 0 aromatic heterocycles. The predicted octanol–water partition coefficient (Wildman–Crippen LogP) is 2.06. The summed E-state index contributed by atoms with van der Waals surface area (Å²) in [5.41, 5.74) is 0. The van der Waals surface area contributed by atoms with Crippen molar-refractivity contribution in [2.45, 2.75) is 26.2 Å². The van der Waals surface area contributed by atoms with Crippen molar-refractivity contribution in [2.75, 3.05) is 0 Å². The maximum absolute atomic E-state index is 10.5. The highest BCUT2D eigenvalue weighted by atomic mass is 16.4. The van der Waals surface area contributed by atoms with E-state index >= 15 is 0 Å². The molecule has 2 nitrogen and oxygen atoms in total. The first-order valence-electron chi connectivity index (χ1n) is 4.09. The van der Waals surface area contributed by atoms with E-state index in [2.05, 4.69) is 6.08 Å². The maximum Gasteiger partial charge on any atom is 0.306 e. The number of hydrogen-bond acceptors (Lipinski definition) is 1. The molecule has 1 N–H and O–H groups in total. The fourth-order valence-electron chi connectivity index (χ4n) is 1.69. The molecular formula is C9H14O2. The fourth-order valence-corrected chi connectivity index (χ4v) is 1.69. The Balaban J connectivity index is 2.40. The smallest absolute Gasteiger partial charge is 0.306 e. The molecule has 0 aromatic rings. The molecule has 0 saturated heterocycles. The van der Waals surface area contributed by atoms with E-state index in [0.717, 1.165) is 19.3 Å². The Hall–Kier alpha value is -0.790. The number of carbonyl (C=O) groups is 1. The topological polar surface area (TPSA) is 37.3 Å². The number of carboxylic acid groups (broad SMARTS) is 1. The van der Waals surface area contributed by atoms with Gasteiger partial charge in [-0.1, -0.05) is 12.2 Å². The molecule has 62 valence electrons. The SMILES string of the molecule is C/C=C/[C@@H]1CC[C@@H](C(=O)O)C1. The normalized spacial score (nSPS) is 31.4. The first kappa shape index (κ1) is 8.31. The summed E-state index contributed by atoms with van der Waals surface area (Å²) in [5, 5.41) is 8.68. The van der Waals surface area contributed by atoms with Crippen molar-refractivity contribution in [1.82, 2.24) is 0 Å². The van der Waals surface area contributed by atoms with Gasteiger partial charge in [-0.05, 0) is 32.1 Å². The van der Waals surface area contributed by atoms with E-state index in [1.807, 2.05) is 13.0 Å². The minimum atomic E-state index is -0.628. The second kappa shape index (κ2) is 3.56. The Morgan fingerprint density at radius 2 is 2.27 bits per heavy atom. The minimum absolute atomic E-state index is 0.0869. The first-order chi connectivity index (χ1) is 5.24. The van der Waals surface area contributed by atoms with Gasteiger partial charge in [0, 0.05) is 0 Å². The van der Waals surface area contributed by atoms with E-state index < -0.39 is 5.97 Å². The zero-order valence-electron chi connectivity index (χ0n) is 6.79. The zero-order valence-corrected chi connectivity index (χ0v) is 6.79. The maximum atomic E-state index is 10.5. The predicted molar refractivity (Wildman–Crippen MR) is 43.3 cm³/mol. The summed E-state index contributed by atoms with van der Waals surface area (Å²) in [4.78, 5) is 10.5. The lowest BCUT2D eigenvalue weighted by molar-refractivity contribution is -0.141. The van der Waals surface area contributed by atoms with Crippen molar-refractivity contribution in [2.24, 2.45) is 11.8 Å². The van der Waals surface area contributed by atoms with E-state index in [4.69, 9.17) is 5.11 Å². The molecule has 0 aromatic carbocycles. The summed E-state index contributed by atoms with van der Waals surface area (Å²) in [5.74, 6) is -0.200. The summed E-state index contributed by atoms with van der Waals surface area (Å²) >= 11 is 0. The van der Waals surface area contributed by atoms with Crippen LogP contribution in [0.15, 0.2) is 12.2 Å². The zero-order chi connectivity index (χ0) is 8.27. The number of hydrogen-bond donors (Lipinski definition) is 1. The molecule has 0 spiro atoms. The molecule has 1 saturated carbocycles. The molecule has 0 unspecified atom stereocenters. The second-order valence-electron chi connectivity index (χ2n) is 3.13. The lowest BCUT2D eigenvalue weighted by atomic mass is 10.1. The van der Waals surface area contributed by atoms with Crippen molar-refractivity contribution >= 4 is 5.97 Å². The number of allylic oxidation sites excluding steroid dienone is 2. The lowest BCUT2D eigenvalue weighted by Crippen LogP contribution is -2.08. The Morgan fingerprint density at radius 3 is 2.73 bits per heavy atom. The number of carboxylic acids is 1. The van der Waals surface area contributed by atoms with Gasteiger partial charge in [0.25, 0.3) is 0 Å². The number of rotatable bonds is 2. The van der Waals surface area contributed by atoms with Crippen molar-refractivity contribution in [3.05, 3.63) is 12.2 Å². The average Bonchev–Trinajstić information content (AvgIpc) is 2.37. The molecule has 0 radical (unpaired) electrons. The van der Waals surface area contributed by atoms with Crippen LogP contribution < -0.4 is 0 Å². The summed E-state index contributed by atoms with van der Waals surface area (Å²) < 4.78 is 0. The van der Waals surface area contributed by atoms with Crippen LogP contribution in [-0.4, -0.2) is 11.1 Å². The standard InChI is InChI=1S/C9H14O2/c1-2-3-7-4-5-8(6-7)9(10)11/h2-3,7-8H,4-6H2,1H3,(H,10,11)/b3-2+/t7-,8-/m1/s1. The quantitative estimate of drug-likeness (QED) is 0.618. The fraction of sp³-hybridized carbons (Fsp3) is 0.667. The van der Waals surface area contributed by atoms with Gasteiger partial charge in [0.1, 0.15) is 0 Å². The molecule has 0 heterocycles. The molecule has 0 aliphatic heterocycles. The second-order valence-corrected chi connectivity index (χ2v) is 3.13. The number of aliphatic carboxylic acids is 1. The van der Waals surface area contributed by atoms with Gasteiger partial charge in [-0.15, -0.1) is 0 Å². The highest BCUT2D eigenvalue weighted by Gasteiger charge is 2.27. The monoisotopic (exact) mass is 154 g/mol. The summed E-state index contributed by atoms with van der Waals surface area (Å²) in [6, 6.07) is 0. The Bertz CT molecular complexity index is 172. The van der Waals surface area contributed by atoms with Crippen LogP contribution in [0.3, 0.4) is 0 Å². The summed E-state index contributed by atoms with van der Waals surface area (Å²) in [6.45, 7) is 1.98. The first-order valence-corrected chi connectivity index (χ1v) is 4.09. The van der Waals surface area contributed by atoms with Crippen LogP contribution in [0.1, 0.15) is 26.2 Å². The molecule has 2 atom stereocenters. The van der Waals surface area contributed by atoms with Crippen molar-refractivity contribution in [3.8, 4) is 0 Å². The van der Waals surface area contributed by atoms with Crippen LogP contribution in [0.5, 0.6) is 0 Å². The third-order valence-corrected chi connectivity index (χ3v) is 2.29. The molecule has 1 fully saturated rings. The van der Waals surface area contributed by atoms with Gasteiger partial charge in [0.15, 0.2) is 0 Å².